The van der Waals surface area contributed by atoms with Crippen molar-refractivity contribution in [2.75, 3.05) is 12.9 Å². The Hall–Kier alpha value is -2.25. The fourth-order valence-corrected chi connectivity index (χ4v) is 3.27. The molecule has 24 heavy (non-hydrogen) atoms. The maximum atomic E-state index is 12.2. The number of allylic oxidation sites excluding steroid dienone is 1. The summed E-state index contributed by atoms with van der Waals surface area (Å²) in [6.07, 6.45) is 3.64. The van der Waals surface area contributed by atoms with Crippen molar-refractivity contribution >= 4 is 23.6 Å². The second-order valence-electron chi connectivity index (χ2n) is 5.11. The predicted molar refractivity (Wildman–Crippen MR) is 92.3 cm³/mol. The average Bonchev–Trinajstić information content (AvgIpc) is 3.00. The molecule has 0 unspecified atom stereocenters. The van der Waals surface area contributed by atoms with Crippen LogP contribution in [-0.2, 0) is 9.53 Å². The van der Waals surface area contributed by atoms with Crippen molar-refractivity contribution in [3.05, 3.63) is 58.3 Å². The Morgan fingerprint density at radius 3 is 2.75 bits per heavy atom. The Bertz CT molecular complexity index is 656. The molecule has 128 valence electrons. The molecule has 1 aromatic carbocycles. The summed E-state index contributed by atoms with van der Waals surface area (Å²) in [6.45, 7) is 0. The van der Waals surface area contributed by atoms with Crippen molar-refractivity contribution in [1.29, 1.82) is 0 Å². The quantitative estimate of drug-likeness (QED) is 0.399. The number of rotatable bonds is 7. The van der Waals surface area contributed by atoms with Crippen molar-refractivity contribution in [2.45, 2.75) is 19.3 Å². The van der Waals surface area contributed by atoms with E-state index in [0.717, 1.165) is 4.91 Å². The molecule has 2 rings (SSSR count). The number of amides is 1. The van der Waals surface area contributed by atoms with Crippen LogP contribution in [0.5, 0.6) is 0 Å². The number of esters is 1. The van der Waals surface area contributed by atoms with Crippen molar-refractivity contribution in [3.8, 4) is 0 Å². The van der Waals surface area contributed by atoms with E-state index in [1.54, 1.807) is 24.3 Å². The lowest BCUT2D eigenvalue weighted by molar-refractivity contribution is -0.140. The molecule has 1 amide bonds. The number of carbonyl (C=O) groups excluding carboxylic acids is 2. The summed E-state index contributed by atoms with van der Waals surface area (Å²) >= 11 is 1.52. The lowest BCUT2D eigenvalue weighted by Crippen LogP contribution is -2.26. The largest absolute Gasteiger partial charge is 0.469 e. The van der Waals surface area contributed by atoms with Gasteiger partial charge in [0.2, 0.25) is 0 Å². The first-order valence-electron chi connectivity index (χ1n) is 7.55. The lowest BCUT2D eigenvalue weighted by atomic mass is 10.2. The molecule has 0 radical (unpaired) electrons. The molecule has 0 aliphatic carbocycles. The molecule has 0 fully saturated rings. The Morgan fingerprint density at radius 1 is 1.33 bits per heavy atom. The van der Waals surface area contributed by atoms with Crippen LogP contribution in [0.25, 0.3) is 0 Å². The van der Waals surface area contributed by atoms with E-state index in [2.05, 4.69) is 15.5 Å². The van der Waals surface area contributed by atoms with E-state index in [1.807, 2.05) is 12.1 Å². The van der Waals surface area contributed by atoms with Crippen molar-refractivity contribution in [3.63, 3.8) is 0 Å². The minimum Gasteiger partial charge on any atom is -0.469 e. The topological polar surface area (TPSA) is 87.7 Å². The number of thioether (sulfide) groups is 1. The third-order valence-corrected chi connectivity index (χ3v) is 4.59. The number of methoxy groups -OCH3 is 1. The first-order valence-corrected chi connectivity index (χ1v) is 8.54. The van der Waals surface area contributed by atoms with Crippen LogP contribution < -0.4 is 10.8 Å². The average molecular weight is 348 g/mol. The molecule has 0 saturated heterocycles. The van der Waals surface area contributed by atoms with Crippen LogP contribution in [0.4, 0.5) is 0 Å². The number of hydroxylamine groups is 1. The molecule has 7 heteroatoms. The summed E-state index contributed by atoms with van der Waals surface area (Å²) in [6, 6.07) is 8.90. The van der Waals surface area contributed by atoms with E-state index in [9.17, 15) is 14.8 Å². The van der Waals surface area contributed by atoms with Crippen LogP contribution in [0.3, 0.4) is 0 Å². The van der Waals surface area contributed by atoms with E-state index < -0.39 is 0 Å². The summed E-state index contributed by atoms with van der Waals surface area (Å²) in [5.41, 5.74) is 3.86. The zero-order valence-electron chi connectivity index (χ0n) is 13.4. The number of unbranched alkanes of at least 4 members (excludes halogenated alkanes) is 1. The molecule has 0 aromatic heterocycles. The van der Waals surface area contributed by atoms with Crippen molar-refractivity contribution in [1.82, 2.24) is 10.8 Å². The first kappa shape index (κ1) is 18.1. The van der Waals surface area contributed by atoms with Gasteiger partial charge in [0, 0.05) is 22.6 Å². The zero-order chi connectivity index (χ0) is 17.4. The minimum absolute atomic E-state index is 0.217. The summed E-state index contributed by atoms with van der Waals surface area (Å²) in [7, 11) is 1.37. The van der Waals surface area contributed by atoms with E-state index in [4.69, 9.17) is 0 Å². The number of ether oxygens (including phenoxy) is 1. The van der Waals surface area contributed by atoms with Crippen molar-refractivity contribution < 1.29 is 19.5 Å². The van der Waals surface area contributed by atoms with Gasteiger partial charge in [0.1, 0.15) is 0 Å². The highest BCUT2D eigenvalue weighted by atomic mass is 32.2. The molecule has 3 N–H and O–H groups in total. The second kappa shape index (κ2) is 9.14. The molecule has 1 aliphatic rings. The van der Waals surface area contributed by atoms with Crippen molar-refractivity contribution in [2.24, 2.45) is 0 Å². The van der Waals surface area contributed by atoms with Crippen LogP contribution >= 0.6 is 11.8 Å². The molecule has 0 saturated carbocycles. The van der Waals surface area contributed by atoms with Crippen LogP contribution in [0.1, 0.15) is 29.6 Å². The Morgan fingerprint density at radius 2 is 2.08 bits per heavy atom. The summed E-state index contributed by atoms with van der Waals surface area (Å²) in [4.78, 5) is 24.1. The second-order valence-corrected chi connectivity index (χ2v) is 6.13. The van der Waals surface area contributed by atoms with Gasteiger partial charge in [0.05, 0.1) is 18.5 Å². The zero-order valence-corrected chi connectivity index (χ0v) is 14.2. The van der Waals surface area contributed by atoms with E-state index in [0.29, 0.717) is 42.0 Å². The molecular weight excluding hydrogens is 328 g/mol. The molecule has 1 aromatic rings. The number of benzene rings is 1. The standard InChI is InChI=1S/C17H20N2O4S/c1-23-15(20)10-6-5-9-14-16(19-22)13(11-24-14)18-17(21)12-7-3-2-4-8-12/h2-4,7-9,19,22H,5-6,10-11H2,1H3,(H,18,21)/b14-9-. The van der Waals surface area contributed by atoms with Gasteiger partial charge in [-0.25, -0.2) is 0 Å². The molecular formula is C17H20N2O4S. The summed E-state index contributed by atoms with van der Waals surface area (Å²) in [5.74, 6) is 0.106. The van der Waals surface area contributed by atoms with Crippen LogP contribution in [0.15, 0.2) is 52.7 Å². The molecule has 1 heterocycles. The normalized spacial score (nSPS) is 15.5. The maximum Gasteiger partial charge on any atom is 0.305 e. The fourth-order valence-electron chi connectivity index (χ4n) is 2.21. The Labute approximate surface area is 144 Å². The van der Waals surface area contributed by atoms with Crippen LogP contribution in [0, 0.1) is 0 Å². The third-order valence-electron chi connectivity index (χ3n) is 3.47. The Balaban J connectivity index is 1.99. The van der Waals surface area contributed by atoms with Gasteiger partial charge in [0.25, 0.3) is 5.91 Å². The number of hydrogen-bond donors (Lipinski definition) is 3. The Kier molecular flexibility index (Phi) is 6.89. The molecule has 1 aliphatic heterocycles. The minimum atomic E-state index is -0.237. The number of hydrogen-bond acceptors (Lipinski definition) is 6. The van der Waals surface area contributed by atoms with E-state index >= 15 is 0 Å². The van der Waals surface area contributed by atoms with Gasteiger partial charge < -0.3 is 10.1 Å². The highest BCUT2D eigenvalue weighted by molar-refractivity contribution is 8.03. The number of nitrogens with one attached hydrogen (secondary N) is 2. The van der Waals surface area contributed by atoms with Gasteiger partial charge in [0.15, 0.2) is 0 Å². The van der Waals surface area contributed by atoms with Gasteiger partial charge in [-0.15, -0.1) is 11.8 Å². The summed E-state index contributed by atoms with van der Waals surface area (Å²) < 4.78 is 4.59. The van der Waals surface area contributed by atoms with Gasteiger partial charge in [-0.3, -0.25) is 20.3 Å². The van der Waals surface area contributed by atoms with Gasteiger partial charge >= 0.3 is 5.97 Å². The maximum absolute atomic E-state index is 12.2. The van der Waals surface area contributed by atoms with Crippen LogP contribution in [0.2, 0.25) is 0 Å². The van der Waals surface area contributed by atoms with Gasteiger partial charge in [-0.05, 0) is 25.0 Å². The smallest absolute Gasteiger partial charge is 0.305 e. The first-order chi connectivity index (χ1) is 11.7. The number of carbonyl (C=O) groups is 2. The highest BCUT2D eigenvalue weighted by Gasteiger charge is 2.22. The van der Waals surface area contributed by atoms with E-state index in [1.165, 1.54) is 18.9 Å². The summed E-state index contributed by atoms with van der Waals surface area (Å²) in [5, 5.41) is 12.2. The highest BCUT2D eigenvalue weighted by Crippen LogP contribution is 2.33. The molecule has 0 bridgehead atoms. The van der Waals surface area contributed by atoms with Gasteiger partial charge in [-0.1, -0.05) is 24.3 Å². The predicted octanol–water partition coefficient (Wildman–Crippen LogP) is 2.58. The third kappa shape index (κ3) is 4.87. The van der Waals surface area contributed by atoms with E-state index in [-0.39, 0.29) is 11.9 Å². The molecule has 0 atom stereocenters. The van der Waals surface area contributed by atoms with Gasteiger partial charge in [-0.2, -0.15) is 0 Å². The SMILES string of the molecule is COC(=O)CCC/C=C1\SCC(NC(=O)c2ccccc2)=C1NO. The monoisotopic (exact) mass is 348 g/mol. The fraction of sp³-hybridized carbons (Fsp3) is 0.294. The molecule has 6 nitrogen and oxygen atoms in total. The lowest BCUT2D eigenvalue weighted by Gasteiger charge is -2.08. The van der Waals surface area contributed by atoms with Crippen LogP contribution in [-0.4, -0.2) is 29.9 Å². The molecule has 0 spiro atoms.